The molecule has 13 heteroatoms. The van der Waals surface area contributed by atoms with Crippen molar-refractivity contribution >= 4 is 57.6 Å². The highest BCUT2D eigenvalue weighted by atomic mass is 35.5. The van der Waals surface area contributed by atoms with Crippen LogP contribution in [0.5, 0.6) is 0 Å². The summed E-state index contributed by atoms with van der Waals surface area (Å²) in [6.45, 7) is 2.56. The van der Waals surface area contributed by atoms with Crippen molar-refractivity contribution in [2.75, 3.05) is 23.7 Å². The first kappa shape index (κ1) is 29.8. The quantitative estimate of drug-likeness (QED) is 0.232. The first-order chi connectivity index (χ1) is 19.4. The molecule has 1 heterocycles. The molecule has 9 nitrogen and oxygen atoms in total. The molecule has 3 aromatic carbocycles. The van der Waals surface area contributed by atoms with Crippen molar-refractivity contribution in [3.63, 3.8) is 0 Å². The number of esters is 2. The summed E-state index contributed by atoms with van der Waals surface area (Å²) in [6, 6.07) is 12.8. The van der Waals surface area contributed by atoms with Gasteiger partial charge in [0, 0.05) is 12.5 Å². The van der Waals surface area contributed by atoms with Crippen LogP contribution in [-0.4, -0.2) is 49.2 Å². The molecule has 0 spiro atoms. The standard InChI is InChI=1S/C28H26ClF3N4O5/c1-15-6-4-10-20(29)22(15)36-27(40)34-21-13-17-8-3-2-7-16(17)12-19(21)24(37)35-23(18-9-5-11-33-14-18)25(38)41-26(39)28(30,31)32/h2-4,6-8,10,12-13,18,23,33H,5,9,11,14H2,1H3,(H,35,37)(H2,34,36,40). The lowest BCUT2D eigenvalue weighted by atomic mass is 9.91. The SMILES string of the molecule is Cc1cccc(Cl)c1NC(=O)Nc1cc2ccccc2cc1C(=O)NC(C(=O)OC(=O)C(F)(F)F)C1CCCNC1. The van der Waals surface area contributed by atoms with E-state index in [0.29, 0.717) is 46.4 Å². The van der Waals surface area contributed by atoms with Gasteiger partial charge >= 0.3 is 24.1 Å². The molecule has 2 atom stereocenters. The predicted molar refractivity (Wildman–Crippen MR) is 147 cm³/mol. The normalized spacial score (nSPS) is 16.0. The number of amides is 3. The van der Waals surface area contributed by atoms with Gasteiger partial charge in [-0.3, -0.25) is 4.79 Å². The van der Waals surface area contributed by atoms with E-state index >= 15 is 0 Å². The van der Waals surface area contributed by atoms with E-state index in [9.17, 15) is 32.3 Å². The van der Waals surface area contributed by atoms with Crippen LogP contribution in [0.25, 0.3) is 10.8 Å². The number of carbonyl (C=O) groups excluding carboxylic acids is 4. The Hall–Kier alpha value is -4.16. The number of carbonyl (C=O) groups is 4. The predicted octanol–water partition coefficient (Wildman–Crippen LogP) is 5.18. The molecule has 3 aromatic rings. The van der Waals surface area contributed by atoms with Gasteiger partial charge in [-0.25, -0.2) is 14.4 Å². The Balaban J connectivity index is 1.64. The first-order valence-corrected chi connectivity index (χ1v) is 13.0. The molecule has 0 aromatic heterocycles. The second kappa shape index (κ2) is 12.6. The maximum absolute atomic E-state index is 13.6. The van der Waals surface area contributed by atoms with E-state index in [2.05, 4.69) is 26.0 Å². The topological polar surface area (TPSA) is 126 Å². The fourth-order valence-corrected chi connectivity index (χ4v) is 4.82. The van der Waals surface area contributed by atoms with Crippen molar-refractivity contribution in [3.8, 4) is 0 Å². The van der Waals surface area contributed by atoms with E-state index in [1.807, 2.05) is 0 Å². The number of rotatable bonds is 6. The number of benzene rings is 3. The highest BCUT2D eigenvalue weighted by molar-refractivity contribution is 6.34. The van der Waals surface area contributed by atoms with E-state index in [1.165, 1.54) is 6.07 Å². The lowest BCUT2D eigenvalue weighted by molar-refractivity contribution is -0.202. The molecule has 0 radical (unpaired) electrons. The maximum Gasteiger partial charge on any atom is 0.491 e. The van der Waals surface area contributed by atoms with Crippen molar-refractivity contribution in [1.29, 1.82) is 0 Å². The van der Waals surface area contributed by atoms with E-state index in [1.54, 1.807) is 55.5 Å². The Labute approximate surface area is 237 Å². The summed E-state index contributed by atoms with van der Waals surface area (Å²) in [4.78, 5) is 50.6. The number of anilines is 2. The first-order valence-electron chi connectivity index (χ1n) is 12.6. The molecule has 2 unspecified atom stereocenters. The molecule has 0 aliphatic carbocycles. The van der Waals surface area contributed by atoms with Crippen LogP contribution in [0.15, 0.2) is 54.6 Å². The Morgan fingerprint density at radius 2 is 1.73 bits per heavy atom. The number of halogens is 4. The van der Waals surface area contributed by atoms with Gasteiger partial charge in [-0.1, -0.05) is 48.0 Å². The van der Waals surface area contributed by atoms with Gasteiger partial charge in [-0.2, -0.15) is 13.2 Å². The van der Waals surface area contributed by atoms with E-state index < -0.39 is 42.0 Å². The van der Waals surface area contributed by atoms with Crippen LogP contribution in [-0.2, 0) is 14.3 Å². The fourth-order valence-electron chi connectivity index (χ4n) is 4.55. The lowest BCUT2D eigenvalue weighted by Crippen LogP contribution is -2.52. The third kappa shape index (κ3) is 7.33. The number of hydrogen-bond acceptors (Lipinski definition) is 6. The Bertz CT molecular complexity index is 1470. The second-order valence-electron chi connectivity index (χ2n) is 9.52. The molecule has 1 aliphatic heterocycles. The van der Waals surface area contributed by atoms with Gasteiger partial charge in [0.25, 0.3) is 5.91 Å². The molecular formula is C28H26ClF3N4O5. The Kier molecular flexibility index (Phi) is 9.14. The van der Waals surface area contributed by atoms with Crippen LogP contribution >= 0.6 is 11.6 Å². The molecule has 1 fully saturated rings. The average molecular weight is 591 g/mol. The number of piperidine rings is 1. The maximum atomic E-state index is 13.6. The molecule has 1 aliphatic rings. The van der Waals surface area contributed by atoms with E-state index in [0.717, 1.165) is 0 Å². The number of aryl methyl sites for hydroxylation is 1. The lowest BCUT2D eigenvalue weighted by Gasteiger charge is -2.30. The fraction of sp³-hybridized carbons (Fsp3) is 0.286. The van der Waals surface area contributed by atoms with Crippen molar-refractivity contribution < 1.29 is 37.1 Å². The van der Waals surface area contributed by atoms with Crippen LogP contribution in [0.3, 0.4) is 0 Å². The van der Waals surface area contributed by atoms with Gasteiger partial charge in [-0.15, -0.1) is 0 Å². The molecule has 3 amide bonds. The number of nitrogens with one attached hydrogen (secondary N) is 4. The minimum atomic E-state index is -5.39. The zero-order valence-electron chi connectivity index (χ0n) is 21.7. The molecule has 0 bridgehead atoms. The Morgan fingerprint density at radius 1 is 1.02 bits per heavy atom. The molecule has 4 N–H and O–H groups in total. The zero-order valence-corrected chi connectivity index (χ0v) is 22.5. The van der Waals surface area contributed by atoms with Crippen molar-refractivity contribution in [2.24, 2.45) is 5.92 Å². The third-order valence-electron chi connectivity index (χ3n) is 6.61. The second-order valence-corrected chi connectivity index (χ2v) is 9.93. The van der Waals surface area contributed by atoms with E-state index in [-0.39, 0.29) is 17.8 Å². The van der Waals surface area contributed by atoms with Crippen LogP contribution in [0.4, 0.5) is 29.3 Å². The van der Waals surface area contributed by atoms with Gasteiger partial charge in [0.05, 0.1) is 22.0 Å². The van der Waals surface area contributed by atoms with Gasteiger partial charge < -0.3 is 26.0 Å². The highest BCUT2D eigenvalue weighted by Gasteiger charge is 2.44. The summed E-state index contributed by atoms with van der Waals surface area (Å²) in [5, 5.41) is 12.3. The van der Waals surface area contributed by atoms with Gasteiger partial charge in [0.1, 0.15) is 6.04 Å². The van der Waals surface area contributed by atoms with Crippen LogP contribution < -0.4 is 21.3 Å². The molecule has 4 rings (SSSR count). The molecule has 216 valence electrons. The Morgan fingerprint density at radius 3 is 2.37 bits per heavy atom. The molecular weight excluding hydrogens is 565 g/mol. The summed E-state index contributed by atoms with van der Waals surface area (Å²) < 4.78 is 42.5. The van der Waals surface area contributed by atoms with Crippen molar-refractivity contribution in [2.45, 2.75) is 32.0 Å². The van der Waals surface area contributed by atoms with Crippen LogP contribution in [0.1, 0.15) is 28.8 Å². The summed E-state index contributed by atoms with van der Waals surface area (Å²) in [5.74, 6) is -5.72. The number of hydrogen-bond donors (Lipinski definition) is 4. The number of ether oxygens (including phenoxy) is 1. The van der Waals surface area contributed by atoms with Crippen LogP contribution in [0, 0.1) is 12.8 Å². The molecule has 0 saturated carbocycles. The van der Waals surface area contributed by atoms with Gasteiger partial charge in [0.2, 0.25) is 0 Å². The van der Waals surface area contributed by atoms with Gasteiger partial charge in [-0.05, 0) is 60.8 Å². The minimum Gasteiger partial charge on any atom is -0.385 e. The van der Waals surface area contributed by atoms with E-state index in [4.69, 9.17) is 11.6 Å². The van der Waals surface area contributed by atoms with Crippen LogP contribution in [0.2, 0.25) is 5.02 Å². The largest absolute Gasteiger partial charge is 0.491 e. The van der Waals surface area contributed by atoms with Gasteiger partial charge in [0.15, 0.2) is 0 Å². The number of para-hydroxylation sites is 1. The minimum absolute atomic E-state index is 0.0589. The third-order valence-corrected chi connectivity index (χ3v) is 6.93. The summed E-state index contributed by atoms with van der Waals surface area (Å²) in [7, 11) is 0. The average Bonchev–Trinajstić information content (AvgIpc) is 2.93. The smallest absolute Gasteiger partial charge is 0.385 e. The highest BCUT2D eigenvalue weighted by Crippen LogP contribution is 2.28. The monoisotopic (exact) mass is 590 g/mol. The zero-order chi connectivity index (χ0) is 29.7. The molecule has 1 saturated heterocycles. The van der Waals surface area contributed by atoms with Crippen molar-refractivity contribution in [3.05, 3.63) is 70.7 Å². The summed E-state index contributed by atoms with van der Waals surface area (Å²) in [5.41, 5.74) is 1.04. The molecule has 41 heavy (non-hydrogen) atoms. The summed E-state index contributed by atoms with van der Waals surface area (Å²) >= 11 is 6.21. The van der Waals surface area contributed by atoms with Crippen molar-refractivity contribution in [1.82, 2.24) is 10.6 Å². The number of urea groups is 1. The number of fused-ring (bicyclic) bond motifs is 1. The summed E-state index contributed by atoms with van der Waals surface area (Å²) in [6.07, 6.45) is -4.42. The number of alkyl halides is 3.